The maximum atomic E-state index is 5.45. The first kappa shape index (κ1) is 16.3. The minimum absolute atomic E-state index is 0.612. The van der Waals surface area contributed by atoms with Crippen LogP contribution in [0.15, 0.2) is 45.3 Å². The Labute approximate surface area is 141 Å². The van der Waals surface area contributed by atoms with Crippen molar-refractivity contribution >= 4 is 37.5 Å². The van der Waals surface area contributed by atoms with Crippen LogP contribution in [0.1, 0.15) is 11.1 Å². The van der Waals surface area contributed by atoms with E-state index >= 15 is 0 Å². The summed E-state index contributed by atoms with van der Waals surface area (Å²) in [5.41, 5.74) is 3.28. The van der Waals surface area contributed by atoms with E-state index < -0.39 is 0 Å². The van der Waals surface area contributed by atoms with E-state index in [0.717, 1.165) is 31.5 Å². The van der Waals surface area contributed by atoms with Crippen LogP contribution in [0.3, 0.4) is 0 Å². The van der Waals surface area contributed by atoms with Gasteiger partial charge in [-0.05, 0) is 45.8 Å². The third kappa shape index (κ3) is 4.46. The average Bonchev–Trinajstić information content (AvgIpc) is 2.45. The van der Waals surface area contributed by atoms with Gasteiger partial charge in [-0.15, -0.1) is 0 Å². The Kier molecular flexibility index (Phi) is 6.08. The molecule has 0 saturated heterocycles. The van der Waals surface area contributed by atoms with Crippen LogP contribution in [0.4, 0.5) is 5.69 Å². The molecule has 0 heterocycles. The van der Waals surface area contributed by atoms with Gasteiger partial charge >= 0.3 is 0 Å². The van der Waals surface area contributed by atoms with E-state index in [1.54, 1.807) is 14.2 Å². The predicted octanol–water partition coefficient (Wildman–Crippen LogP) is 4.98. The molecule has 112 valence electrons. The molecule has 0 bridgehead atoms. The zero-order valence-electron chi connectivity index (χ0n) is 12.0. The molecule has 0 fully saturated rings. The molecular formula is C16H17Br2NO2. The van der Waals surface area contributed by atoms with Gasteiger partial charge in [-0.25, -0.2) is 0 Å². The highest BCUT2D eigenvalue weighted by molar-refractivity contribution is 9.11. The van der Waals surface area contributed by atoms with Crippen molar-refractivity contribution < 1.29 is 9.47 Å². The maximum absolute atomic E-state index is 5.45. The van der Waals surface area contributed by atoms with Gasteiger partial charge in [0.2, 0.25) is 0 Å². The molecule has 1 N–H and O–H groups in total. The molecule has 0 unspecified atom stereocenters. The number of anilines is 1. The molecule has 0 saturated carbocycles. The zero-order valence-corrected chi connectivity index (χ0v) is 15.1. The van der Waals surface area contributed by atoms with E-state index in [1.165, 1.54) is 0 Å². The van der Waals surface area contributed by atoms with Crippen LogP contribution >= 0.6 is 31.9 Å². The molecule has 0 aromatic heterocycles. The quantitative estimate of drug-likeness (QED) is 0.722. The molecule has 0 amide bonds. The summed E-state index contributed by atoms with van der Waals surface area (Å²) < 4.78 is 12.6. The Hall–Kier alpha value is -1.04. The lowest BCUT2D eigenvalue weighted by Gasteiger charge is -2.13. The van der Waals surface area contributed by atoms with Gasteiger partial charge in [-0.3, -0.25) is 0 Å². The summed E-state index contributed by atoms with van der Waals surface area (Å²) in [6.45, 7) is 1.29. The summed E-state index contributed by atoms with van der Waals surface area (Å²) in [4.78, 5) is 0. The number of hydrogen-bond donors (Lipinski definition) is 1. The van der Waals surface area contributed by atoms with Gasteiger partial charge in [0, 0.05) is 29.4 Å². The molecule has 0 radical (unpaired) electrons. The Bertz CT molecular complexity index is 617. The topological polar surface area (TPSA) is 30.5 Å². The van der Waals surface area contributed by atoms with Gasteiger partial charge in [0.25, 0.3) is 0 Å². The number of benzene rings is 2. The van der Waals surface area contributed by atoms with Crippen molar-refractivity contribution in [1.29, 1.82) is 0 Å². The van der Waals surface area contributed by atoms with E-state index in [2.05, 4.69) is 49.3 Å². The van der Waals surface area contributed by atoms with Crippen molar-refractivity contribution in [3.8, 4) is 5.75 Å². The summed E-state index contributed by atoms with van der Waals surface area (Å²) in [5.74, 6) is 0.846. The first-order chi connectivity index (χ1) is 10.1. The molecule has 5 heteroatoms. The van der Waals surface area contributed by atoms with Crippen molar-refractivity contribution in [2.24, 2.45) is 0 Å². The summed E-state index contributed by atoms with van der Waals surface area (Å²) in [5, 5.41) is 3.41. The van der Waals surface area contributed by atoms with Crippen LogP contribution in [0.2, 0.25) is 0 Å². The van der Waals surface area contributed by atoms with Gasteiger partial charge in [0.1, 0.15) is 5.75 Å². The maximum Gasteiger partial charge on any atom is 0.138 e. The monoisotopic (exact) mass is 413 g/mol. The lowest BCUT2D eigenvalue weighted by Crippen LogP contribution is -2.03. The normalized spacial score (nSPS) is 10.5. The van der Waals surface area contributed by atoms with Gasteiger partial charge in [0.05, 0.1) is 18.2 Å². The highest BCUT2D eigenvalue weighted by atomic mass is 79.9. The van der Waals surface area contributed by atoms with Crippen molar-refractivity contribution in [3.63, 3.8) is 0 Å². The zero-order chi connectivity index (χ0) is 15.2. The molecule has 2 rings (SSSR count). The molecule has 0 aliphatic heterocycles. The SMILES string of the molecule is COCc1cccc(NCc2cc(Br)cc(Br)c2OC)c1. The minimum atomic E-state index is 0.612. The van der Waals surface area contributed by atoms with Crippen LogP contribution in [0.5, 0.6) is 5.75 Å². The second-order valence-corrected chi connectivity index (χ2v) is 6.34. The summed E-state index contributed by atoms with van der Waals surface area (Å²) in [6.07, 6.45) is 0. The van der Waals surface area contributed by atoms with Gasteiger partial charge in [-0.1, -0.05) is 28.1 Å². The predicted molar refractivity (Wildman–Crippen MR) is 92.9 cm³/mol. The molecular weight excluding hydrogens is 398 g/mol. The summed E-state index contributed by atoms with van der Waals surface area (Å²) >= 11 is 7.02. The Balaban J connectivity index is 2.14. The lowest BCUT2D eigenvalue weighted by molar-refractivity contribution is 0.185. The molecule has 0 spiro atoms. The number of halogens is 2. The molecule has 0 aliphatic carbocycles. The number of nitrogens with one attached hydrogen (secondary N) is 1. The highest BCUT2D eigenvalue weighted by Crippen LogP contribution is 2.33. The van der Waals surface area contributed by atoms with E-state index in [9.17, 15) is 0 Å². The highest BCUT2D eigenvalue weighted by Gasteiger charge is 2.09. The smallest absolute Gasteiger partial charge is 0.138 e. The molecule has 0 aliphatic rings. The van der Waals surface area contributed by atoms with Crippen molar-refractivity contribution in [2.75, 3.05) is 19.5 Å². The molecule has 2 aromatic rings. The lowest BCUT2D eigenvalue weighted by atomic mass is 10.1. The van der Waals surface area contributed by atoms with Crippen LogP contribution in [0, 0.1) is 0 Å². The first-order valence-electron chi connectivity index (χ1n) is 6.47. The number of methoxy groups -OCH3 is 2. The molecule has 0 atom stereocenters. The van der Waals surface area contributed by atoms with Crippen molar-refractivity contribution in [2.45, 2.75) is 13.2 Å². The van der Waals surface area contributed by atoms with Gasteiger partial charge in [-0.2, -0.15) is 0 Å². The third-order valence-electron chi connectivity index (χ3n) is 3.01. The van der Waals surface area contributed by atoms with Crippen LogP contribution in [-0.2, 0) is 17.9 Å². The van der Waals surface area contributed by atoms with E-state index in [1.807, 2.05) is 24.3 Å². The summed E-state index contributed by atoms with van der Waals surface area (Å²) in [7, 11) is 3.38. The third-order valence-corrected chi connectivity index (χ3v) is 4.06. The fourth-order valence-electron chi connectivity index (χ4n) is 2.11. The second kappa shape index (κ2) is 7.82. The van der Waals surface area contributed by atoms with Gasteiger partial charge < -0.3 is 14.8 Å². The number of hydrogen-bond acceptors (Lipinski definition) is 3. The van der Waals surface area contributed by atoms with Crippen LogP contribution in [-0.4, -0.2) is 14.2 Å². The number of ether oxygens (including phenoxy) is 2. The Morgan fingerprint density at radius 3 is 2.62 bits per heavy atom. The Morgan fingerprint density at radius 2 is 1.90 bits per heavy atom. The van der Waals surface area contributed by atoms with Crippen LogP contribution < -0.4 is 10.1 Å². The second-order valence-electron chi connectivity index (χ2n) is 4.57. The first-order valence-corrected chi connectivity index (χ1v) is 8.06. The van der Waals surface area contributed by atoms with E-state index in [0.29, 0.717) is 13.2 Å². The average molecular weight is 415 g/mol. The Morgan fingerprint density at radius 1 is 1.10 bits per heavy atom. The summed E-state index contributed by atoms with van der Waals surface area (Å²) in [6, 6.07) is 12.2. The largest absolute Gasteiger partial charge is 0.495 e. The molecule has 2 aromatic carbocycles. The van der Waals surface area contributed by atoms with Crippen LogP contribution in [0.25, 0.3) is 0 Å². The fourth-order valence-corrected chi connectivity index (χ4v) is 3.58. The van der Waals surface area contributed by atoms with Gasteiger partial charge in [0.15, 0.2) is 0 Å². The molecule has 3 nitrogen and oxygen atoms in total. The standard InChI is InChI=1S/C16H17Br2NO2/c1-20-10-11-4-3-5-14(6-11)19-9-12-7-13(17)8-15(18)16(12)21-2/h3-8,19H,9-10H2,1-2H3. The van der Waals surface area contributed by atoms with Crippen molar-refractivity contribution in [3.05, 3.63) is 56.5 Å². The van der Waals surface area contributed by atoms with Crippen molar-refractivity contribution in [1.82, 2.24) is 0 Å². The minimum Gasteiger partial charge on any atom is -0.495 e. The molecule has 21 heavy (non-hydrogen) atoms. The van der Waals surface area contributed by atoms with E-state index in [-0.39, 0.29) is 0 Å². The van der Waals surface area contributed by atoms with E-state index in [4.69, 9.17) is 9.47 Å². The fraction of sp³-hybridized carbons (Fsp3) is 0.250. The number of rotatable bonds is 6.